The molecule has 1 rings (SSSR count). The van der Waals surface area contributed by atoms with E-state index in [-0.39, 0.29) is 12.6 Å². The lowest BCUT2D eigenvalue weighted by atomic mass is 10.0. The van der Waals surface area contributed by atoms with Crippen LogP contribution in [0.15, 0.2) is 18.2 Å². The summed E-state index contributed by atoms with van der Waals surface area (Å²) in [4.78, 5) is 0. The van der Waals surface area contributed by atoms with Crippen LogP contribution in [0, 0.1) is 18.3 Å². The molecule has 0 saturated heterocycles. The van der Waals surface area contributed by atoms with Gasteiger partial charge in [0.1, 0.15) is 0 Å². The zero-order valence-corrected chi connectivity index (χ0v) is 7.49. The van der Waals surface area contributed by atoms with E-state index in [0.717, 1.165) is 11.1 Å². The van der Waals surface area contributed by atoms with Crippen molar-refractivity contribution in [3.8, 4) is 6.07 Å². The highest BCUT2D eigenvalue weighted by molar-refractivity contribution is 5.40. The minimum Gasteiger partial charge on any atom is -0.394 e. The topological polar surface area (TPSA) is 70.0 Å². The number of aliphatic hydroxyl groups is 1. The Bertz CT molecular complexity index is 341. The molecule has 3 N–H and O–H groups in total. The van der Waals surface area contributed by atoms with E-state index in [1.54, 1.807) is 12.1 Å². The molecule has 1 atom stereocenters. The van der Waals surface area contributed by atoms with Crippen LogP contribution in [0.2, 0.25) is 0 Å². The minimum absolute atomic E-state index is 0.0780. The first-order valence-corrected chi connectivity index (χ1v) is 4.06. The first-order chi connectivity index (χ1) is 6.19. The smallest absolute Gasteiger partial charge is 0.0994 e. The predicted octanol–water partition coefficient (Wildman–Crippen LogP) is 0.859. The van der Waals surface area contributed by atoms with Crippen LogP contribution in [0.3, 0.4) is 0 Å². The monoisotopic (exact) mass is 176 g/mol. The van der Waals surface area contributed by atoms with Crippen LogP contribution in [-0.4, -0.2) is 11.7 Å². The number of aryl methyl sites for hydroxylation is 1. The molecule has 0 unspecified atom stereocenters. The number of benzene rings is 1. The summed E-state index contributed by atoms with van der Waals surface area (Å²) in [7, 11) is 0. The van der Waals surface area contributed by atoms with Gasteiger partial charge in [0, 0.05) is 0 Å². The molecule has 1 aromatic carbocycles. The number of nitrogens with zero attached hydrogens (tertiary/aromatic N) is 1. The molecular formula is C10H12N2O. The summed E-state index contributed by atoms with van der Waals surface area (Å²) in [6, 6.07) is 7.05. The van der Waals surface area contributed by atoms with Crippen LogP contribution in [0.4, 0.5) is 0 Å². The van der Waals surface area contributed by atoms with E-state index in [1.807, 2.05) is 13.0 Å². The summed E-state index contributed by atoms with van der Waals surface area (Å²) in [6.45, 7) is 1.78. The van der Waals surface area contributed by atoms with Gasteiger partial charge in [0.15, 0.2) is 0 Å². The Kier molecular flexibility index (Phi) is 3.02. The Balaban J connectivity index is 3.04. The molecule has 0 aromatic heterocycles. The zero-order chi connectivity index (χ0) is 9.84. The second-order valence-corrected chi connectivity index (χ2v) is 2.98. The third-order valence-electron chi connectivity index (χ3n) is 2.00. The summed E-state index contributed by atoms with van der Waals surface area (Å²) in [5.74, 6) is 0. The average Bonchev–Trinajstić information content (AvgIpc) is 2.16. The first kappa shape index (κ1) is 9.72. The van der Waals surface area contributed by atoms with Gasteiger partial charge in [-0.1, -0.05) is 12.1 Å². The molecule has 1 aromatic rings. The van der Waals surface area contributed by atoms with E-state index in [0.29, 0.717) is 5.56 Å². The van der Waals surface area contributed by atoms with E-state index in [9.17, 15) is 0 Å². The highest BCUT2D eigenvalue weighted by Crippen LogP contribution is 2.14. The average molecular weight is 176 g/mol. The highest BCUT2D eigenvalue weighted by atomic mass is 16.3. The molecule has 0 heterocycles. The van der Waals surface area contributed by atoms with Crippen molar-refractivity contribution in [1.29, 1.82) is 5.26 Å². The van der Waals surface area contributed by atoms with Gasteiger partial charge in [0.25, 0.3) is 0 Å². The number of hydrogen-bond acceptors (Lipinski definition) is 3. The van der Waals surface area contributed by atoms with E-state index in [2.05, 4.69) is 6.07 Å². The minimum atomic E-state index is -0.355. The molecule has 0 bridgehead atoms. The van der Waals surface area contributed by atoms with Crippen LogP contribution in [-0.2, 0) is 0 Å². The van der Waals surface area contributed by atoms with Crippen LogP contribution >= 0.6 is 0 Å². The van der Waals surface area contributed by atoms with Gasteiger partial charge in [-0.3, -0.25) is 0 Å². The Hall–Kier alpha value is -1.37. The summed E-state index contributed by atoms with van der Waals surface area (Å²) in [6.07, 6.45) is 0. The maximum atomic E-state index is 8.82. The third kappa shape index (κ3) is 2.05. The van der Waals surface area contributed by atoms with Gasteiger partial charge in [-0.2, -0.15) is 5.26 Å². The summed E-state index contributed by atoms with van der Waals surface area (Å²) in [5, 5.41) is 17.5. The lowest BCUT2D eigenvalue weighted by Crippen LogP contribution is -2.14. The number of nitrogens with two attached hydrogens (primary N) is 1. The van der Waals surface area contributed by atoms with Crippen molar-refractivity contribution in [3.05, 3.63) is 34.9 Å². The van der Waals surface area contributed by atoms with Crippen molar-refractivity contribution in [2.45, 2.75) is 13.0 Å². The summed E-state index contributed by atoms with van der Waals surface area (Å²) < 4.78 is 0. The van der Waals surface area contributed by atoms with Crippen molar-refractivity contribution in [1.82, 2.24) is 0 Å². The second kappa shape index (κ2) is 4.04. The Morgan fingerprint density at radius 3 is 2.77 bits per heavy atom. The molecule has 0 fully saturated rings. The molecule has 0 spiro atoms. The molecule has 0 radical (unpaired) electrons. The third-order valence-corrected chi connectivity index (χ3v) is 2.00. The molecule has 0 aliphatic carbocycles. The maximum Gasteiger partial charge on any atom is 0.0994 e. The largest absolute Gasteiger partial charge is 0.394 e. The molecule has 3 heteroatoms. The predicted molar refractivity (Wildman–Crippen MR) is 49.9 cm³/mol. The van der Waals surface area contributed by atoms with Gasteiger partial charge >= 0.3 is 0 Å². The van der Waals surface area contributed by atoms with Crippen molar-refractivity contribution in [2.24, 2.45) is 5.73 Å². The van der Waals surface area contributed by atoms with Gasteiger partial charge in [-0.15, -0.1) is 0 Å². The summed E-state index contributed by atoms with van der Waals surface area (Å²) in [5.41, 5.74) is 8.02. The number of rotatable bonds is 2. The first-order valence-electron chi connectivity index (χ1n) is 4.06. The molecule has 0 saturated carbocycles. The molecule has 3 nitrogen and oxygen atoms in total. The molecule has 0 amide bonds. The number of nitriles is 1. The Labute approximate surface area is 77.4 Å². The van der Waals surface area contributed by atoms with Crippen LogP contribution < -0.4 is 5.73 Å². The van der Waals surface area contributed by atoms with Gasteiger partial charge < -0.3 is 10.8 Å². The number of hydrogen-bond donors (Lipinski definition) is 2. The van der Waals surface area contributed by atoms with Gasteiger partial charge in [-0.25, -0.2) is 0 Å². The molecule has 68 valence electrons. The zero-order valence-electron chi connectivity index (χ0n) is 7.49. The van der Waals surface area contributed by atoms with Crippen molar-refractivity contribution < 1.29 is 5.11 Å². The molecule has 0 aliphatic heterocycles. The maximum absolute atomic E-state index is 8.82. The van der Waals surface area contributed by atoms with Gasteiger partial charge in [0.2, 0.25) is 0 Å². The lowest BCUT2D eigenvalue weighted by molar-refractivity contribution is 0.268. The van der Waals surface area contributed by atoms with Crippen molar-refractivity contribution in [3.63, 3.8) is 0 Å². The Morgan fingerprint density at radius 1 is 1.62 bits per heavy atom. The van der Waals surface area contributed by atoms with Crippen LogP contribution in [0.1, 0.15) is 22.7 Å². The molecular weight excluding hydrogens is 164 g/mol. The van der Waals surface area contributed by atoms with Crippen LogP contribution in [0.25, 0.3) is 0 Å². The van der Waals surface area contributed by atoms with Crippen LogP contribution in [0.5, 0.6) is 0 Å². The fourth-order valence-corrected chi connectivity index (χ4v) is 1.15. The van der Waals surface area contributed by atoms with Crippen molar-refractivity contribution >= 4 is 0 Å². The molecule has 13 heavy (non-hydrogen) atoms. The van der Waals surface area contributed by atoms with E-state index in [1.165, 1.54) is 0 Å². The van der Waals surface area contributed by atoms with Gasteiger partial charge in [-0.05, 0) is 24.1 Å². The Morgan fingerprint density at radius 2 is 2.31 bits per heavy atom. The van der Waals surface area contributed by atoms with E-state index < -0.39 is 0 Å². The van der Waals surface area contributed by atoms with Crippen molar-refractivity contribution in [2.75, 3.05) is 6.61 Å². The summed E-state index contributed by atoms with van der Waals surface area (Å²) >= 11 is 0. The normalized spacial score (nSPS) is 12.2. The molecule has 0 aliphatic rings. The fourth-order valence-electron chi connectivity index (χ4n) is 1.15. The van der Waals surface area contributed by atoms with E-state index >= 15 is 0 Å². The number of aliphatic hydroxyl groups excluding tert-OH is 1. The lowest BCUT2D eigenvalue weighted by Gasteiger charge is -2.09. The second-order valence-electron chi connectivity index (χ2n) is 2.98. The quantitative estimate of drug-likeness (QED) is 0.702. The van der Waals surface area contributed by atoms with E-state index in [4.69, 9.17) is 16.1 Å². The fraction of sp³-hybridized carbons (Fsp3) is 0.300. The SMILES string of the molecule is Cc1cc([C@H](N)CO)ccc1C#N. The van der Waals surface area contributed by atoms with Gasteiger partial charge in [0.05, 0.1) is 24.3 Å². The standard InChI is InChI=1S/C10H12N2O/c1-7-4-8(10(12)6-13)2-3-9(7)5-11/h2-4,10,13H,6,12H2,1H3/t10-/m1/s1. The highest BCUT2D eigenvalue weighted by Gasteiger charge is 2.05.